The zero-order chi connectivity index (χ0) is 15.2. The fourth-order valence-electron chi connectivity index (χ4n) is 1.96. The van der Waals surface area contributed by atoms with E-state index in [1.807, 2.05) is 6.92 Å². The van der Waals surface area contributed by atoms with E-state index < -0.39 is 6.36 Å². The van der Waals surface area contributed by atoms with E-state index in [-0.39, 0.29) is 17.9 Å². The molecule has 0 aliphatic heterocycles. The summed E-state index contributed by atoms with van der Waals surface area (Å²) in [6.45, 7) is 1.92. The molecule has 114 valence electrons. The minimum absolute atomic E-state index is 0.0570. The van der Waals surface area contributed by atoms with Crippen LogP contribution in [0.25, 0.3) is 0 Å². The molecule has 0 aromatic heterocycles. The van der Waals surface area contributed by atoms with Gasteiger partial charge in [0.05, 0.1) is 6.10 Å². The molecule has 0 aliphatic carbocycles. The molecule has 0 saturated heterocycles. The lowest BCUT2D eigenvalue weighted by Crippen LogP contribution is -2.22. The van der Waals surface area contributed by atoms with E-state index in [1.54, 1.807) is 26.3 Å². The number of methoxy groups -OCH3 is 1. The Bertz CT molecular complexity index is 410. The Morgan fingerprint density at radius 2 is 1.85 bits per heavy atom. The van der Waals surface area contributed by atoms with Gasteiger partial charge in [-0.05, 0) is 32.9 Å². The summed E-state index contributed by atoms with van der Waals surface area (Å²) >= 11 is 0. The molecule has 2 atom stereocenters. The Balaban J connectivity index is 2.86. The zero-order valence-corrected chi connectivity index (χ0v) is 11.8. The van der Waals surface area contributed by atoms with E-state index in [1.165, 1.54) is 12.1 Å². The molecule has 1 N–H and O–H groups in total. The molecule has 0 bridgehead atoms. The molecule has 3 nitrogen and oxygen atoms in total. The minimum Gasteiger partial charge on any atom is -0.405 e. The third-order valence-electron chi connectivity index (χ3n) is 3.13. The van der Waals surface area contributed by atoms with Gasteiger partial charge in [0.1, 0.15) is 5.75 Å². The van der Waals surface area contributed by atoms with Crippen LogP contribution in [0.5, 0.6) is 5.75 Å². The fraction of sp³-hybridized carbons (Fsp3) is 0.571. The molecule has 2 unspecified atom stereocenters. The number of hydrogen-bond acceptors (Lipinski definition) is 3. The highest BCUT2D eigenvalue weighted by Gasteiger charge is 2.32. The topological polar surface area (TPSA) is 30.5 Å². The van der Waals surface area contributed by atoms with E-state index >= 15 is 0 Å². The number of para-hydroxylation sites is 1. The van der Waals surface area contributed by atoms with E-state index in [9.17, 15) is 13.2 Å². The molecule has 0 saturated carbocycles. The Morgan fingerprint density at radius 3 is 2.40 bits per heavy atom. The van der Waals surface area contributed by atoms with Gasteiger partial charge in [0, 0.05) is 18.7 Å². The van der Waals surface area contributed by atoms with Crippen molar-refractivity contribution in [1.82, 2.24) is 5.32 Å². The van der Waals surface area contributed by atoms with Crippen LogP contribution >= 0.6 is 0 Å². The molecular formula is C14H20F3NO2. The maximum atomic E-state index is 12.4. The largest absolute Gasteiger partial charge is 0.573 e. The van der Waals surface area contributed by atoms with Crippen molar-refractivity contribution in [2.45, 2.75) is 38.3 Å². The quantitative estimate of drug-likeness (QED) is 0.831. The molecule has 1 aromatic rings. The van der Waals surface area contributed by atoms with Gasteiger partial charge in [-0.25, -0.2) is 0 Å². The van der Waals surface area contributed by atoms with Crippen molar-refractivity contribution in [3.8, 4) is 5.75 Å². The first kappa shape index (κ1) is 16.8. The Kier molecular flexibility index (Phi) is 6.29. The van der Waals surface area contributed by atoms with Crippen LogP contribution in [0.15, 0.2) is 24.3 Å². The van der Waals surface area contributed by atoms with Crippen LogP contribution < -0.4 is 10.1 Å². The lowest BCUT2D eigenvalue weighted by atomic mass is 9.99. The molecule has 0 amide bonds. The average molecular weight is 291 g/mol. The molecule has 0 radical (unpaired) electrons. The fourth-order valence-corrected chi connectivity index (χ4v) is 1.96. The number of alkyl halides is 3. The lowest BCUT2D eigenvalue weighted by Gasteiger charge is -2.22. The average Bonchev–Trinajstić information content (AvgIpc) is 2.39. The van der Waals surface area contributed by atoms with Gasteiger partial charge in [-0.3, -0.25) is 0 Å². The Morgan fingerprint density at radius 1 is 1.20 bits per heavy atom. The number of benzene rings is 1. The van der Waals surface area contributed by atoms with Crippen molar-refractivity contribution >= 4 is 0 Å². The van der Waals surface area contributed by atoms with E-state index in [0.717, 1.165) is 6.42 Å². The molecule has 0 fully saturated rings. The summed E-state index contributed by atoms with van der Waals surface area (Å²) in [6.07, 6.45) is -3.23. The second-order valence-electron chi connectivity index (χ2n) is 4.55. The number of rotatable bonds is 7. The van der Waals surface area contributed by atoms with Gasteiger partial charge >= 0.3 is 6.36 Å². The molecule has 1 rings (SSSR count). The van der Waals surface area contributed by atoms with Gasteiger partial charge in [0.25, 0.3) is 0 Å². The lowest BCUT2D eigenvalue weighted by molar-refractivity contribution is -0.275. The third-order valence-corrected chi connectivity index (χ3v) is 3.13. The van der Waals surface area contributed by atoms with Crippen LogP contribution in [0.2, 0.25) is 0 Å². The molecular weight excluding hydrogens is 271 g/mol. The van der Waals surface area contributed by atoms with E-state index in [0.29, 0.717) is 12.0 Å². The highest BCUT2D eigenvalue weighted by atomic mass is 19.4. The second-order valence-corrected chi connectivity index (χ2v) is 4.55. The van der Waals surface area contributed by atoms with Gasteiger partial charge in [-0.15, -0.1) is 13.2 Å². The van der Waals surface area contributed by atoms with Gasteiger partial charge in [0.2, 0.25) is 0 Å². The maximum Gasteiger partial charge on any atom is 0.573 e. The standard InChI is InChI=1S/C14H20F3NO2/c1-10(19-3)8-9-12(18-2)11-6-4-5-7-13(11)20-14(15,16)17/h4-7,10,12,18H,8-9H2,1-3H3. The first-order valence-electron chi connectivity index (χ1n) is 6.42. The highest BCUT2D eigenvalue weighted by molar-refractivity contribution is 5.36. The molecule has 0 heterocycles. The van der Waals surface area contributed by atoms with E-state index in [2.05, 4.69) is 10.1 Å². The Hall–Kier alpha value is -1.27. The van der Waals surface area contributed by atoms with Crippen LogP contribution in [0, 0.1) is 0 Å². The predicted molar refractivity (Wildman–Crippen MR) is 70.6 cm³/mol. The first-order valence-corrected chi connectivity index (χ1v) is 6.42. The molecule has 6 heteroatoms. The van der Waals surface area contributed by atoms with Crippen LogP contribution in [-0.2, 0) is 4.74 Å². The SMILES string of the molecule is CNC(CCC(C)OC)c1ccccc1OC(F)(F)F. The van der Waals surface area contributed by atoms with Crippen molar-refractivity contribution in [2.24, 2.45) is 0 Å². The first-order chi connectivity index (χ1) is 9.37. The van der Waals surface area contributed by atoms with Crippen LogP contribution in [0.4, 0.5) is 13.2 Å². The van der Waals surface area contributed by atoms with Crippen LogP contribution in [0.1, 0.15) is 31.4 Å². The maximum absolute atomic E-state index is 12.4. The molecule has 0 aliphatic rings. The van der Waals surface area contributed by atoms with Crippen molar-refractivity contribution in [3.63, 3.8) is 0 Å². The van der Waals surface area contributed by atoms with Gasteiger partial charge < -0.3 is 14.8 Å². The minimum atomic E-state index is -4.69. The predicted octanol–water partition coefficient (Wildman–Crippen LogP) is 3.66. The summed E-state index contributed by atoms with van der Waals surface area (Å²) in [5.74, 6) is -0.163. The summed E-state index contributed by atoms with van der Waals surface area (Å²) in [7, 11) is 3.33. The molecule has 1 aromatic carbocycles. The Labute approximate surface area is 117 Å². The molecule has 20 heavy (non-hydrogen) atoms. The smallest absolute Gasteiger partial charge is 0.405 e. The zero-order valence-electron chi connectivity index (χ0n) is 11.8. The highest BCUT2D eigenvalue weighted by Crippen LogP contribution is 2.32. The number of ether oxygens (including phenoxy) is 2. The van der Waals surface area contributed by atoms with Crippen molar-refractivity contribution in [3.05, 3.63) is 29.8 Å². The number of halogens is 3. The summed E-state index contributed by atoms with van der Waals surface area (Å²) in [5, 5.41) is 3.02. The number of nitrogens with one attached hydrogen (secondary N) is 1. The monoisotopic (exact) mass is 291 g/mol. The van der Waals surface area contributed by atoms with Crippen molar-refractivity contribution < 1.29 is 22.6 Å². The summed E-state index contributed by atoms with van der Waals surface area (Å²) in [6, 6.07) is 5.97. The number of hydrogen-bond donors (Lipinski definition) is 1. The van der Waals surface area contributed by atoms with Gasteiger partial charge in [-0.1, -0.05) is 18.2 Å². The normalized spacial score (nSPS) is 14.9. The summed E-state index contributed by atoms with van der Waals surface area (Å²) in [5.41, 5.74) is 0.496. The third kappa shape index (κ3) is 5.38. The van der Waals surface area contributed by atoms with Crippen molar-refractivity contribution in [2.75, 3.05) is 14.2 Å². The summed E-state index contributed by atoms with van der Waals surface area (Å²) in [4.78, 5) is 0. The van der Waals surface area contributed by atoms with E-state index in [4.69, 9.17) is 4.74 Å². The van der Waals surface area contributed by atoms with Gasteiger partial charge in [0.15, 0.2) is 0 Å². The van der Waals surface area contributed by atoms with Crippen LogP contribution in [-0.4, -0.2) is 26.6 Å². The summed E-state index contributed by atoms with van der Waals surface area (Å²) < 4.78 is 46.4. The van der Waals surface area contributed by atoms with Crippen molar-refractivity contribution in [1.29, 1.82) is 0 Å². The molecule has 0 spiro atoms. The van der Waals surface area contributed by atoms with Crippen LogP contribution in [0.3, 0.4) is 0 Å². The van der Waals surface area contributed by atoms with Gasteiger partial charge in [-0.2, -0.15) is 0 Å². The second kappa shape index (κ2) is 7.50.